The van der Waals surface area contributed by atoms with Gasteiger partial charge in [-0.15, -0.1) is 0 Å². The van der Waals surface area contributed by atoms with Crippen molar-refractivity contribution in [1.29, 1.82) is 0 Å². The first kappa shape index (κ1) is 13.4. The number of anilines is 1. The van der Waals surface area contributed by atoms with Gasteiger partial charge in [-0.3, -0.25) is 4.79 Å². The van der Waals surface area contributed by atoms with Crippen LogP contribution in [0.5, 0.6) is 5.75 Å². The van der Waals surface area contributed by atoms with E-state index in [1.54, 1.807) is 14.0 Å². The lowest BCUT2D eigenvalue weighted by Gasteiger charge is -2.19. The summed E-state index contributed by atoms with van der Waals surface area (Å²) in [7, 11) is 5.49. The minimum atomic E-state index is -0.780. The summed E-state index contributed by atoms with van der Waals surface area (Å²) in [5.41, 5.74) is 2.02. The fourth-order valence-corrected chi connectivity index (χ4v) is 1.71. The molecular weight excluding hydrogens is 218 g/mol. The van der Waals surface area contributed by atoms with Gasteiger partial charge in [0, 0.05) is 19.8 Å². The van der Waals surface area contributed by atoms with Crippen LogP contribution in [-0.4, -0.2) is 32.3 Å². The second-order valence-corrected chi connectivity index (χ2v) is 4.33. The standard InChI is InChI=1S/C13H19NO3/c1-9(13(15)16)7-10-8-11(17-4)5-6-12(10)14(2)3/h5-6,8-9H,7H2,1-4H3,(H,15,16). The first-order valence-corrected chi connectivity index (χ1v) is 5.52. The Labute approximate surface area is 102 Å². The summed E-state index contributed by atoms with van der Waals surface area (Å²) in [6.07, 6.45) is 0.500. The zero-order valence-electron chi connectivity index (χ0n) is 10.7. The van der Waals surface area contributed by atoms with Crippen LogP contribution in [0.4, 0.5) is 5.69 Å². The molecule has 0 saturated carbocycles. The maximum Gasteiger partial charge on any atom is 0.306 e. The highest BCUT2D eigenvalue weighted by atomic mass is 16.5. The molecule has 0 aliphatic rings. The van der Waals surface area contributed by atoms with E-state index >= 15 is 0 Å². The van der Waals surface area contributed by atoms with Crippen LogP contribution in [0.25, 0.3) is 0 Å². The number of ether oxygens (including phenoxy) is 1. The van der Waals surface area contributed by atoms with Crippen molar-refractivity contribution in [2.75, 3.05) is 26.1 Å². The van der Waals surface area contributed by atoms with Gasteiger partial charge in [0.05, 0.1) is 13.0 Å². The number of methoxy groups -OCH3 is 1. The molecule has 0 heterocycles. The highest BCUT2D eigenvalue weighted by Crippen LogP contribution is 2.26. The van der Waals surface area contributed by atoms with E-state index in [1.165, 1.54) is 0 Å². The topological polar surface area (TPSA) is 49.8 Å². The summed E-state index contributed by atoms with van der Waals surface area (Å²) < 4.78 is 5.17. The van der Waals surface area contributed by atoms with Gasteiger partial charge in [-0.1, -0.05) is 6.92 Å². The molecule has 0 radical (unpaired) electrons. The molecule has 1 aromatic rings. The number of benzene rings is 1. The lowest BCUT2D eigenvalue weighted by Crippen LogP contribution is -2.16. The van der Waals surface area contributed by atoms with Crippen molar-refractivity contribution < 1.29 is 14.6 Å². The molecule has 94 valence electrons. The van der Waals surface area contributed by atoms with Crippen LogP contribution in [0.3, 0.4) is 0 Å². The third kappa shape index (κ3) is 3.37. The van der Waals surface area contributed by atoms with Crippen LogP contribution >= 0.6 is 0 Å². The van der Waals surface area contributed by atoms with Crippen LogP contribution in [0.2, 0.25) is 0 Å². The molecule has 1 rings (SSSR count). The molecule has 4 nitrogen and oxygen atoms in total. The van der Waals surface area contributed by atoms with Crippen molar-refractivity contribution in [3.8, 4) is 5.75 Å². The van der Waals surface area contributed by atoms with Gasteiger partial charge >= 0.3 is 5.97 Å². The maximum absolute atomic E-state index is 10.9. The molecule has 0 spiro atoms. The first-order chi connectivity index (χ1) is 7.95. The SMILES string of the molecule is COc1ccc(N(C)C)c(CC(C)C(=O)O)c1. The van der Waals surface area contributed by atoms with E-state index in [0.29, 0.717) is 6.42 Å². The number of carbonyl (C=O) groups is 1. The van der Waals surface area contributed by atoms with E-state index in [2.05, 4.69) is 0 Å². The van der Waals surface area contributed by atoms with E-state index < -0.39 is 11.9 Å². The highest BCUT2D eigenvalue weighted by Gasteiger charge is 2.15. The molecule has 1 aromatic carbocycles. The zero-order chi connectivity index (χ0) is 13.0. The average Bonchev–Trinajstić information content (AvgIpc) is 2.28. The lowest BCUT2D eigenvalue weighted by molar-refractivity contribution is -0.141. The van der Waals surface area contributed by atoms with Crippen molar-refractivity contribution in [1.82, 2.24) is 0 Å². The first-order valence-electron chi connectivity index (χ1n) is 5.52. The summed E-state index contributed by atoms with van der Waals surface area (Å²) >= 11 is 0. The van der Waals surface area contributed by atoms with Gasteiger partial charge in [0.1, 0.15) is 5.75 Å². The predicted molar refractivity (Wildman–Crippen MR) is 67.8 cm³/mol. The van der Waals surface area contributed by atoms with Gasteiger partial charge in [0.2, 0.25) is 0 Å². The third-order valence-electron chi connectivity index (χ3n) is 2.72. The van der Waals surface area contributed by atoms with Crippen molar-refractivity contribution >= 4 is 11.7 Å². The molecule has 1 unspecified atom stereocenters. The Balaban J connectivity index is 3.04. The Morgan fingerprint density at radius 1 is 1.47 bits per heavy atom. The Hall–Kier alpha value is -1.71. The van der Waals surface area contributed by atoms with Gasteiger partial charge in [-0.25, -0.2) is 0 Å². The average molecular weight is 237 g/mol. The lowest BCUT2D eigenvalue weighted by atomic mass is 9.99. The fourth-order valence-electron chi connectivity index (χ4n) is 1.71. The summed E-state index contributed by atoms with van der Waals surface area (Å²) in [5.74, 6) is -0.429. The number of carboxylic acids is 1. The van der Waals surface area contributed by atoms with Crippen molar-refractivity contribution in [2.24, 2.45) is 5.92 Å². The molecule has 0 aliphatic heterocycles. The maximum atomic E-state index is 10.9. The summed E-state index contributed by atoms with van der Waals surface area (Å²) in [4.78, 5) is 12.9. The van der Waals surface area contributed by atoms with E-state index in [0.717, 1.165) is 17.0 Å². The second-order valence-electron chi connectivity index (χ2n) is 4.33. The Morgan fingerprint density at radius 3 is 2.59 bits per heavy atom. The molecule has 0 fully saturated rings. The molecule has 0 aliphatic carbocycles. The Bertz CT molecular complexity index is 402. The Morgan fingerprint density at radius 2 is 2.12 bits per heavy atom. The van der Waals surface area contributed by atoms with Gasteiger partial charge in [-0.2, -0.15) is 0 Å². The minimum Gasteiger partial charge on any atom is -0.497 e. The van der Waals surface area contributed by atoms with Crippen molar-refractivity contribution in [3.63, 3.8) is 0 Å². The van der Waals surface area contributed by atoms with Crippen LogP contribution in [0.1, 0.15) is 12.5 Å². The second kappa shape index (κ2) is 5.57. The van der Waals surface area contributed by atoms with Crippen LogP contribution in [0, 0.1) is 5.92 Å². The molecule has 1 N–H and O–H groups in total. The molecule has 0 bridgehead atoms. The van der Waals surface area contributed by atoms with Crippen LogP contribution in [-0.2, 0) is 11.2 Å². The number of hydrogen-bond acceptors (Lipinski definition) is 3. The fraction of sp³-hybridized carbons (Fsp3) is 0.462. The molecule has 0 amide bonds. The summed E-state index contributed by atoms with van der Waals surface area (Å²) in [5, 5.41) is 8.95. The van der Waals surface area contributed by atoms with Gasteiger partial charge in [0.15, 0.2) is 0 Å². The smallest absolute Gasteiger partial charge is 0.306 e. The number of nitrogens with zero attached hydrogens (tertiary/aromatic N) is 1. The highest BCUT2D eigenvalue weighted by molar-refractivity contribution is 5.70. The molecule has 1 atom stereocenters. The number of aliphatic carboxylic acids is 1. The monoisotopic (exact) mass is 237 g/mol. The predicted octanol–water partition coefficient (Wildman–Crippen LogP) is 2.02. The number of rotatable bonds is 5. The van der Waals surface area contributed by atoms with E-state index in [-0.39, 0.29) is 0 Å². The van der Waals surface area contributed by atoms with Gasteiger partial charge in [0.25, 0.3) is 0 Å². The van der Waals surface area contributed by atoms with Gasteiger partial charge < -0.3 is 14.7 Å². The zero-order valence-corrected chi connectivity index (χ0v) is 10.7. The van der Waals surface area contributed by atoms with Crippen LogP contribution < -0.4 is 9.64 Å². The van der Waals surface area contributed by atoms with Gasteiger partial charge in [-0.05, 0) is 30.2 Å². The molecule has 0 aromatic heterocycles. The van der Waals surface area contributed by atoms with E-state index in [9.17, 15) is 4.79 Å². The molecule has 0 saturated heterocycles. The van der Waals surface area contributed by atoms with Crippen molar-refractivity contribution in [3.05, 3.63) is 23.8 Å². The van der Waals surface area contributed by atoms with Crippen LogP contribution in [0.15, 0.2) is 18.2 Å². The minimum absolute atomic E-state index is 0.402. The number of hydrogen-bond donors (Lipinski definition) is 1. The Kier molecular flexibility index (Phi) is 4.37. The summed E-state index contributed by atoms with van der Waals surface area (Å²) in [6, 6.07) is 5.72. The number of carboxylic acid groups (broad SMARTS) is 1. The molecule has 17 heavy (non-hydrogen) atoms. The van der Waals surface area contributed by atoms with E-state index in [1.807, 2.05) is 37.2 Å². The quantitative estimate of drug-likeness (QED) is 0.851. The summed E-state index contributed by atoms with van der Waals surface area (Å²) in [6.45, 7) is 1.71. The molecule has 4 heteroatoms. The van der Waals surface area contributed by atoms with Crippen molar-refractivity contribution in [2.45, 2.75) is 13.3 Å². The third-order valence-corrected chi connectivity index (χ3v) is 2.72. The molecular formula is C13H19NO3. The normalized spacial score (nSPS) is 12.0. The van der Waals surface area contributed by atoms with E-state index in [4.69, 9.17) is 9.84 Å². The largest absolute Gasteiger partial charge is 0.497 e.